The maximum atomic E-state index is 13.5. The van der Waals surface area contributed by atoms with E-state index in [-0.39, 0.29) is 17.5 Å². The number of benzene rings is 1. The van der Waals surface area contributed by atoms with Gasteiger partial charge in [0.25, 0.3) is 0 Å². The van der Waals surface area contributed by atoms with Gasteiger partial charge in [-0.15, -0.1) is 0 Å². The molecule has 0 N–H and O–H groups in total. The van der Waals surface area contributed by atoms with Crippen molar-refractivity contribution in [3.05, 3.63) is 29.8 Å². The van der Waals surface area contributed by atoms with Crippen molar-refractivity contribution in [2.75, 3.05) is 11.4 Å². The van der Waals surface area contributed by atoms with Crippen LogP contribution in [0.3, 0.4) is 0 Å². The number of carbonyl (C=O) groups is 1. The lowest BCUT2D eigenvalue weighted by molar-refractivity contribution is -0.121. The predicted molar refractivity (Wildman–Crippen MR) is 59.2 cm³/mol. The number of halogens is 2. The van der Waals surface area contributed by atoms with Crippen molar-refractivity contribution >= 4 is 11.6 Å². The Morgan fingerprint density at radius 1 is 1.38 bits per heavy atom. The van der Waals surface area contributed by atoms with Gasteiger partial charge in [0.2, 0.25) is 5.91 Å². The highest BCUT2D eigenvalue weighted by molar-refractivity contribution is 5.94. The molecule has 4 heteroatoms. The highest BCUT2D eigenvalue weighted by Crippen LogP contribution is 2.21. The van der Waals surface area contributed by atoms with Gasteiger partial charge in [0, 0.05) is 18.5 Å². The molecule has 0 spiro atoms. The highest BCUT2D eigenvalue weighted by Gasteiger charge is 2.20. The van der Waals surface area contributed by atoms with Gasteiger partial charge in [0.05, 0.1) is 5.69 Å². The first-order valence-corrected chi connectivity index (χ1v) is 5.23. The zero-order chi connectivity index (χ0) is 12.3. The second kappa shape index (κ2) is 5.05. The van der Waals surface area contributed by atoms with E-state index in [4.69, 9.17) is 0 Å². The molecule has 0 saturated carbocycles. The fraction of sp³-hybridized carbons (Fsp3) is 0.417. The van der Waals surface area contributed by atoms with Crippen molar-refractivity contribution in [3.8, 4) is 0 Å². The van der Waals surface area contributed by atoms with Gasteiger partial charge in [-0.2, -0.15) is 0 Å². The molecule has 0 heterocycles. The van der Waals surface area contributed by atoms with E-state index in [1.54, 1.807) is 20.8 Å². The van der Waals surface area contributed by atoms with Crippen LogP contribution in [0.1, 0.15) is 20.8 Å². The summed E-state index contributed by atoms with van der Waals surface area (Å²) < 4.78 is 26.2. The zero-order valence-electron chi connectivity index (χ0n) is 9.63. The SMILES string of the molecule is CCN(C(=O)C(C)C)c1ccc(F)cc1F. The summed E-state index contributed by atoms with van der Waals surface area (Å²) in [6.07, 6.45) is 0. The second-order valence-corrected chi connectivity index (χ2v) is 3.83. The average molecular weight is 227 g/mol. The first-order valence-electron chi connectivity index (χ1n) is 5.23. The van der Waals surface area contributed by atoms with E-state index in [1.807, 2.05) is 0 Å². The number of amides is 1. The van der Waals surface area contributed by atoms with Gasteiger partial charge >= 0.3 is 0 Å². The molecule has 88 valence electrons. The molecule has 2 nitrogen and oxygen atoms in total. The standard InChI is InChI=1S/C12H15F2NO/c1-4-15(12(16)8(2)3)11-6-5-9(13)7-10(11)14/h5-8H,4H2,1-3H3. The Labute approximate surface area is 93.9 Å². The monoisotopic (exact) mass is 227 g/mol. The number of hydrogen-bond acceptors (Lipinski definition) is 1. The largest absolute Gasteiger partial charge is 0.310 e. The lowest BCUT2D eigenvalue weighted by atomic mass is 10.1. The summed E-state index contributed by atoms with van der Waals surface area (Å²) in [7, 11) is 0. The topological polar surface area (TPSA) is 20.3 Å². The van der Waals surface area contributed by atoms with Gasteiger partial charge in [-0.3, -0.25) is 4.79 Å². The maximum Gasteiger partial charge on any atom is 0.229 e. The molecule has 0 aliphatic heterocycles. The van der Waals surface area contributed by atoms with Gasteiger partial charge < -0.3 is 4.90 Å². The third kappa shape index (κ3) is 2.56. The predicted octanol–water partition coefficient (Wildman–Crippen LogP) is 2.97. The lowest BCUT2D eigenvalue weighted by Crippen LogP contribution is -2.34. The smallest absolute Gasteiger partial charge is 0.229 e. The molecule has 0 bridgehead atoms. The molecular formula is C12H15F2NO. The Hall–Kier alpha value is -1.45. The van der Waals surface area contributed by atoms with Crippen molar-refractivity contribution in [1.82, 2.24) is 0 Å². The van der Waals surface area contributed by atoms with Crippen molar-refractivity contribution in [2.24, 2.45) is 5.92 Å². The molecule has 0 unspecified atom stereocenters. The van der Waals surface area contributed by atoms with Crippen LogP contribution in [0.4, 0.5) is 14.5 Å². The molecule has 0 aliphatic rings. The van der Waals surface area contributed by atoms with Gasteiger partial charge in [0.1, 0.15) is 11.6 Å². The third-order valence-electron chi connectivity index (χ3n) is 2.28. The molecular weight excluding hydrogens is 212 g/mol. The molecule has 0 atom stereocenters. The third-order valence-corrected chi connectivity index (χ3v) is 2.28. The van der Waals surface area contributed by atoms with Crippen LogP contribution in [0, 0.1) is 17.6 Å². The summed E-state index contributed by atoms with van der Waals surface area (Å²) in [5.74, 6) is -1.75. The molecule has 1 aromatic carbocycles. The van der Waals surface area contributed by atoms with Gasteiger partial charge in [-0.1, -0.05) is 13.8 Å². The number of rotatable bonds is 3. The van der Waals surface area contributed by atoms with Crippen LogP contribution in [-0.4, -0.2) is 12.5 Å². The molecule has 16 heavy (non-hydrogen) atoms. The van der Waals surface area contributed by atoms with E-state index >= 15 is 0 Å². The number of nitrogens with zero attached hydrogens (tertiary/aromatic N) is 1. The van der Waals surface area contributed by atoms with Crippen LogP contribution >= 0.6 is 0 Å². The summed E-state index contributed by atoms with van der Waals surface area (Å²) in [6, 6.07) is 3.22. The minimum Gasteiger partial charge on any atom is -0.310 e. The quantitative estimate of drug-likeness (QED) is 0.777. The normalized spacial score (nSPS) is 10.6. The minimum atomic E-state index is -0.712. The molecule has 0 fully saturated rings. The summed E-state index contributed by atoms with van der Waals surface area (Å²) in [4.78, 5) is 13.1. The molecule has 1 rings (SSSR count). The van der Waals surface area contributed by atoms with E-state index in [0.29, 0.717) is 6.54 Å². The summed E-state index contributed by atoms with van der Waals surface area (Å²) >= 11 is 0. The fourth-order valence-electron chi connectivity index (χ4n) is 1.46. The van der Waals surface area contributed by atoms with Crippen LogP contribution < -0.4 is 4.90 Å². The molecule has 0 radical (unpaired) electrons. The van der Waals surface area contributed by atoms with Crippen molar-refractivity contribution < 1.29 is 13.6 Å². The Morgan fingerprint density at radius 3 is 2.44 bits per heavy atom. The number of carbonyl (C=O) groups excluding carboxylic acids is 1. The van der Waals surface area contributed by atoms with E-state index < -0.39 is 11.6 Å². The van der Waals surface area contributed by atoms with Crippen LogP contribution in [0.5, 0.6) is 0 Å². The maximum absolute atomic E-state index is 13.5. The summed E-state index contributed by atoms with van der Waals surface area (Å²) in [5, 5.41) is 0. The van der Waals surface area contributed by atoms with Crippen molar-refractivity contribution in [3.63, 3.8) is 0 Å². The highest BCUT2D eigenvalue weighted by atomic mass is 19.1. The first-order chi connectivity index (χ1) is 7.47. The zero-order valence-corrected chi connectivity index (χ0v) is 9.63. The van der Waals surface area contributed by atoms with E-state index in [2.05, 4.69) is 0 Å². The van der Waals surface area contributed by atoms with Crippen LogP contribution in [0.25, 0.3) is 0 Å². The van der Waals surface area contributed by atoms with Crippen LogP contribution in [-0.2, 0) is 4.79 Å². The minimum absolute atomic E-state index is 0.127. The molecule has 0 aliphatic carbocycles. The Balaban J connectivity index is 3.09. The van der Waals surface area contributed by atoms with Gasteiger partial charge in [-0.05, 0) is 19.1 Å². The first kappa shape index (κ1) is 12.6. The van der Waals surface area contributed by atoms with E-state index in [0.717, 1.165) is 12.1 Å². The summed E-state index contributed by atoms with van der Waals surface area (Å²) in [5.41, 5.74) is 0.127. The molecule has 0 aromatic heterocycles. The molecule has 0 saturated heterocycles. The van der Waals surface area contributed by atoms with E-state index in [9.17, 15) is 13.6 Å². The molecule has 1 amide bonds. The Kier molecular flexibility index (Phi) is 3.99. The molecule has 1 aromatic rings. The average Bonchev–Trinajstić information content (AvgIpc) is 2.21. The van der Waals surface area contributed by atoms with Crippen LogP contribution in [0.15, 0.2) is 18.2 Å². The fourth-order valence-corrected chi connectivity index (χ4v) is 1.46. The van der Waals surface area contributed by atoms with Crippen LogP contribution in [0.2, 0.25) is 0 Å². The van der Waals surface area contributed by atoms with E-state index in [1.165, 1.54) is 11.0 Å². The Bertz CT molecular complexity index is 391. The number of hydrogen-bond donors (Lipinski definition) is 0. The number of anilines is 1. The van der Waals surface area contributed by atoms with Gasteiger partial charge in [-0.25, -0.2) is 8.78 Å². The summed E-state index contributed by atoms with van der Waals surface area (Å²) in [6.45, 7) is 5.60. The lowest BCUT2D eigenvalue weighted by Gasteiger charge is -2.23. The van der Waals surface area contributed by atoms with Gasteiger partial charge in [0.15, 0.2) is 0 Å². The Morgan fingerprint density at radius 2 is 2.00 bits per heavy atom. The van der Waals surface area contributed by atoms with Crippen molar-refractivity contribution in [1.29, 1.82) is 0 Å². The van der Waals surface area contributed by atoms with Crippen molar-refractivity contribution in [2.45, 2.75) is 20.8 Å². The second-order valence-electron chi connectivity index (χ2n) is 3.83.